The van der Waals surface area contributed by atoms with E-state index in [1.165, 1.54) is 25.8 Å². The number of hydrogen-bond acceptors (Lipinski definition) is 3. The van der Waals surface area contributed by atoms with Crippen LogP contribution in [-0.4, -0.2) is 41.8 Å². The molecule has 0 aromatic rings. The second-order valence-electron chi connectivity index (χ2n) is 6.40. The first kappa shape index (κ1) is 14.3. The molecule has 0 bridgehead atoms. The number of nitrogens with zero attached hydrogens (tertiary/aromatic N) is 1. The molecule has 0 aliphatic carbocycles. The molecule has 106 valence electrons. The van der Waals surface area contributed by atoms with Crippen molar-refractivity contribution in [2.24, 2.45) is 5.73 Å². The van der Waals surface area contributed by atoms with E-state index in [1.54, 1.807) is 0 Å². The lowest BCUT2D eigenvalue weighted by Crippen LogP contribution is -2.62. The fourth-order valence-corrected chi connectivity index (χ4v) is 3.97. The van der Waals surface area contributed by atoms with Crippen LogP contribution in [0.5, 0.6) is 0 Å². The summed E-state index contributed by atoms with van der Waals surface area (Å²) in [4.78, 5) is 2.73. The van der Waals surface area contributed by atoms with Gasteiger partial charge >= 0.3 is 0 Å². The third kappa shape index (κ3) is 2.45. The van der Waals surface area contributed by atoms with E-state index >= 15 is 0 Å². The van der Waals surface area contributed by atoms with E-state index in [0.29, 0.717) is 0 Å². The van der Waals surface area contributed by atoms with E-state index < -0.39 is 0 Å². The van der Waals surface area contributed by atoms with E-state index in [0.717, 1.165) is 38.5 Å². The Kier molecular flexibility index (Phi) is 4.35. The third-order valence-corrected chi connectivity index (χ3v) is 5.31. The lowest BCUT2D eigenvalue weighted by Gasteiger charge is -2.52. The Labute approximate surface area is 112 Å². The predicted octanol–water partition coefficient (Wildman–Crippen LogP) is 2.54. The summed E-state index contributed by atoms with van der Waals surface area (Å²) in [6.07, 6.45) is 7.23. The van der Waals surface area contributed by atoms with Crippen molar-refractivity contribution in [1.82, 2.24) is 4.90 Å². The average molecular weight is 254 g/mol. The van der Waals surface area contributed by atoms with Crippen LogP contribution in [-0.2, 0) is 4.74 Å². The van der Waals surface area contributed by atoms with Crippen molar-refractivity contribution >= 4 is 0 Å². The highest BCUT2D eigenvalue weighted by atomic mass is 16.5. The summed E-state index contributed by atoms with van der Waals surface area (Å²) in [5.74, 6) is 0. The summed E-state index contributed by atoms with van der Waals surface area (Å²) >= 11 is 0. The van der Waals surface area contributed by atoms with Crippen LogP contribution >= 0.6 is 0 Å². The highest BCUT2D eigenvalue weighted by Crippen LogP contribution is 2.41. The first-order valence-electron chi connectivity index (χ1n) is 7.70. The normalized spacial score (nSPS) is 42.3. The Morgan fingerprint density at radius 1 is 1.39 bits per heavy atom. The van der Waals surface area contributed by atoms with Gasteiger partial charge in [-0.2, -0.15) is 0 Å². The van der Waals surface area contributed by atoms with Crippen molar-refractivity contribution in [1.29, 1.82) is 0 Å². The summed E-state index contributed by atoms with van der Waals surface area (Å²) in [5, 5.41) is 0. The first-order valence-corrected chi connectivity index (χ1v) is 7.70. The SMILES string of the molecule is CCC1CCCN1C1(CN)CCOC(C)(CC)C1. The van der Waals surface area contributed by atoms with Gasteiger partial charge in [0.2, 0.25) is 0 Å². The quantitative estimate of drug-likeness (QED) is 0.838. The molecule has 2 heterocycles. The van der Waals surface area contributed by atoms with E-state index in [1.807, 2.05) is 0 Å². The van der Waals surface area contributed by atoms with Crippen LogP contribution in [0.2, 0.25) is 0 Å². The second kappa shape index (κ2) is 5.48. The van der Waals surface area contributed by atoms with Crippen LogP contribution in [0.15, 0.2) is 0 Å². The van der Waals surface area contributed by atoms with Gasteiger partial charge in [0.15, 0.2) is 0 Å². The Morgan fingerprint density at radius 2 is 2.17 bits per heavy atom. The summed E-state index contributed by atoms with van der Waals surface area (Å²) in [6.45, 7) is 9.68. The Balaban J connectivity index is 2.19. The van der Waals surface area contributed by atoms with Gasteiger partial charge in [-0.15, -0.1) is 0 Å². The van der Waals surface area contributed by atoms with Crippen LogP contribution in [0.25, 0.3) is 0 Å². The van der Waals surface area contributed by atoms with Crippen molar-refractivity contribution in [2.45, 2.75) is 76.5 Å². The van der Waals surface area contributed by atoms with Gasteiger partial charge in [0, 0.05) is 24.7 Å². The van der Waals surface area contributed by atoms with Gasteiger partial charge in [-0.25, -0.2) is 0 Å². The number of ether oxygens (including phenoxy) is 1. The molecule has 0 spiro atoms. The Bertz CT molecular complexity index is 284. The van der Waals surface area contributed by atoms with E-state index in [4.69, 9.17) is 10.5 Å². The average Bonchev–Trinajstić information content (AvgIpc) is 2.87. The van der Waals surface area contributed by atoms with E-state index in [-0.39, 0.29) is 11.1 Å². The third-order valence-electron chi connectivity index (χ3n) is 5.31. The monoisotopic (exact) mass is 254 g/mol. The fourth-order valence-electron chi connectivity index (χ4n) is 3.97. The maximum Gasteiger partial charge on any atom is 0.0670 e. The second-order valence-corrected chi connectivity index (χ2v) is 6.40. The van der Waals surface area contributed by atoms with Crippen molar-refractivity contribution in [3.05, 3.63) is 0 Å². The summed E-state index contributed by atoms with van der Waals surface area (Å²) in [5.41, 5.74) is 6.43. The van der Waals surface area contributed by atoms with E-state index in [2.05, 4.69) is 25.7 Å². The van der Waals surface area contributed by atoms with Crippen molar-refractivity contribution in [3.63, 3.8) is 0 Å². The molecule has 3 atom stereocenters. The molecule has 0 aromatic heterocycles. The Hall–Kier alpha value is -0.120. The lowest BCUT2D eigenvalue weighted by atomic mass is 9.77. The highest BCUT2D eigenvalue weighted by Gasteiger charge is 2.47. The molecule has 0 saturated carbocycles. The van der Waals surface area contributed by atoms with Crippen molar-refractivity contribution in [3.8, 4) is 0 Å². The largest absolute Gasteiger partial charge is 0.375 e. The molecule has 2 saturated heterocycles. The molecule has 3 unspecified atom stereocenters. The zero-order valence-electron chi connectivity index (χ0n) is 12.4. The maximum absolute atomic E-state index is 6.21. The fraction of sp³-hybridized carbons (Fsp3) is 1.00. The maximum atomic E-state index is 6.21. The first-order chi connectivity index (χ1) is 8.59. The van der Waals surface area contributed by atoms with Gasteiger partial charge in [0.05, 0.1) is 5.60 Å². The molecule has 18 heavy (non-hydrogen) atoms. The van der Waals surface area contributed by atoms with Crippen LogP contribution in [0.4, 0.5) is 0 Å². The summed E-state index contributed by atoms with van der Waals surface area (Å²) in [7, 11) is 0. The predicted molar refractivity (Wildman–Crippen MR) is 75.7 cm³/mol. The van der Waals surface area contributed by atoms with Gasteiger partial charge in [0.25, 0.3) is 0 Å². The molecule has 2 N–H and O–H groups in total. The summed E-state index contributed by atoms with van der Waals surface area (Å²) in [6, 6.07) is 0.743. The highest BCUT2D eigenvalue weighted by molar-refractivity contribution is 5.03. The minimum Gasteiger partial charge on any atom is -0.375 e. The molecule has 2 aliphatic heterocycles. The van der Waals surface area contributed by atoms with Gasteiger partial charge in [-0.05, 0) is 52.0 Å². The molecule has 2 aliphatic rings. The molecular formula is C15H30N2O. The molecule has 3 heteroatoms. The molecule has 2 rings (SSSR count). The van der Waals surface area contributed by atoms with Gasteiger partial charge in [0.1, 0.15) is 0 Å². The molecule has 3 nitrogen and oxygen atoms in total. The van der Waals surface area contributed by atoms with Crippen molar-refractivity contribution in [2.75, 3.05) is 19.7 Å². The van der Waals surface area contributed by atoms with Crippen LogP contribution < -0.4 is 5.73 Å². The zero-order valence-corrected chi connectivity index (χ0v) is 12.4. The van der Waals surface area contributed by atoms with Crippen LogP contribution in [0.1, 0.15) is 59.3 Å². The smallest absolute Gasteiger partial charge is 0.0670 e. The number of hydrogen-bond donors (Lipinski definition) is 1. The minimum absolute atomic E-state index is 0.0263. The van der Waals surface area contributed by atoms with Gasteiger partial charge in [-0.1, -0.05) is 13.8 Å². The molecular weight excluding hydrogens is 224 g/mol. The molecule has 2 fully saturated rings. The number of nitrogens with two attached hydrogens (primary N) is 1. The standard InChI is InChI=1S/C15H30N2O/c1-4-13-7-6-9-17(13)15(12-16)8-10-18-14(3,5-2)11-15/h13H,4-12,16H2,1-3H3. The minimum atomic E-state index is 0.0263. The van der Waals surface area contributed by atoms with Crippen LogP contribution in [0, 0.1) is 0 Å². The Morgan fingerprint density at radius 3 is 2.78 bits per heavy atom. The van der Waals surface area contributed by atoms with E-state index in [9.17, 15) is 0 Å². The van der Waals surface area contributed by atoms with Crippen molar-refractivity contribution < 1.29 is 4.74 Å². The number of rotatable bonds is 4. The van der Waals surface area contributed by atoms with Gasteiger partial charge < -0.3 is 10.5 Å². The molecule has 0 radical (unpaired) electrons. The topological polar surface area (TPSA) is 38.5 Å². The van der Waals surface area contributed by atoms with Gasteiger partial charge in [-0.3, -0.25) is 4.90 Å². The zero-order chi connectivity index (χ0) is 13.2. The lowest BCUT2D eigenvalue weighted by molar-refractivity contribution is -0.131. The summed E-state index contributed by atoms with van der Waals surface area (Å²) < 4.78 is 6.02. The molecule has 0 amide bonds. The number of likely N-dealkylation sites (tertiary alicyclic amines) is 1. The molecule has 0 aromatic carbocycles. The van der Waals surface area contributed by atoms with Crippen LogP contribution in [0.3, 0.4) is 0 Å².